The topological polar surface area (TPSA) is 116 Å². The van der Waals surface area contributed by atoms with Gasteiger partial charge in [-0.25, -0.2) is 0 Å². The fourth-order valence-corrected chi connectivity index (χ4v) is 3.05. The summed E-state index contributed by atoms with van der Waals surface area (Å²) < 4.78 is 0. The van der Waals surface area contributed by atoms with E-state index in [-0.39, 0.29) is 11.9 Å². The lowest BCUT2D eigenvalue weighted by molar-refractivity contribution is -0.111. The van der Waals surface area contributed by atoms with Crippen LogP contribution in [0.5, 0.6) is 0 Å². The number of nitrogen functional groups attached to an aromatic ring is 1. The summed E-state index contributed by atoms with van der Waals surface area (Å²) in [6.07, 6.45) is 1.74. The second-order valence-corrected chi connectivity index (χ2v) is 6.20. The zero-order valence-electron chi connectivity index (χ0n) is 14.6. The van der Waals surface area contributed by atoms with Crippen LogP contribution in [0.15, 0.2) is 43.0 Å². The molecule has 1 saturated heterocycles. The Labute approximate surface area is 151 Å². The van der Waals surface area contributed by atoms with E-state index in [0.717, 1.165) is 5.56 Å². The summed E-state index contributed by atoms with van der Waals surface area (Å²) in [5, 5.41) is 16.8. The molecule has 0 saturated carbocycles. The summed E-state index contributed by atoms with van der Waals surface area (Å²) in [4.78, 5) is 21.8. The van der Waals surface area contributed by atoms with Crippen LogP contribution >= 0.6 is 0 Å². The number of benzene rings is 1. The highest BCUT2D eigenvalue weighted by molar-refractivity contribution is 5.98. The molecule has 1 fully saturated rings. The lowest BCUT2D eigenvalue weighted by Gasteiger charge is -2.25. The van der Waals surface area contributed by atoms with Gasteiger partial charge in [0.05, 0.1) is 6.54 Å². The number of anilines is 4. The molecule has 0 bridgehead atoms. The first-order valence-corrected chi connectivity index (χ1v) is 8.27. The van der Waals surface area contributed by atoms with Crippen molar-refractivity contribution in [2.75, 3.05) is 41.4 Å². The van der Waals surface area contributed by atoms with E-state index >= 15 is 0 Å². The molecule has 1 aromatic heterocycles. The van der Waals surface area contributed by atoms with Gasteiger partial charge in [-0.3, -0.25) is 4.79 Å². The number of β-amino-alcohol motifs (C(OH)–C–C–N with tert-alkyl or cyclic N) is 1. The van der Waals surface area contributed by atoms with Gasteiger partial charge < -0.3 is 26.4 Å². The first-order valence-electron chi connectivity index (χ1n) is 8.27. The summed E-state index contributed by atoms with van der Waals surface area (Å²) >= 11 is 0. The number of nitrogens with one attached hydrogen (secondary N) is 2. The average molecular weight is 354 g/mol. The van der Waals surface area contributed by atoms with Crippen LogP contribution in [0, 0.1) is 0 Å². The van der Waals surface area contributed by atoms with Crippen LogP contribution in [0.2, 0.25) is 0 Å². The molecule has 1 unspecified atom stereocenters. The van der Waals surface area contributed by atoms with E-state index in [1.807, 2.05) is 11.0 Å². The van der Waals surface area contributed by atoms with Gasteiger partial charge in [0.25, 0.3) is 0 Å². The van der Waals surface area contributed by atoms with Crippen molar-refractivity contribution in [2.45, 2.75) is 12.0 Å². The number of nitrogens with zero attached hydrogens (tertiary/aromatic N) is 3. The minimum atomic E-state index is -1.05. The van der Waals surface area contributed by atoms with Gasteiger partial charge in [-0.1, -0.05) is 18.7 Å². The quantitative estimate of drug-likeness (QED) is 0.598. The Morgan fingerprint density at radius 2 is 2.23 bits per heavy atom. The Kier molecular flexibility index (Phi) is 4.77. The third-order valence-electron chi connectivity index (χ3n) is 4.41. The zero-order chi connectivity index (χ0) is 18.7. The van der Waals surface area contributed by atoms with Gasteiger partial charge in [-0.15, -0.1) is 0 Å². The van der Waals surface area contributed by atoms with Crippen LogP contribution in [-0.4, -0.2) is 41.1 Å². The third-order valence-corrected chi connectivity index (χ3v) is 4.41. The van der Waals surface area contributed by atoms with Crippen molar-refractivity contribution in [1.82, 2.24) is 9.97 Å². The van der Waals surface area contributed by atoms with Crippen LogP contribution in [0.25, 0.3) is 0 Å². The lowest BCUT2D eigenvalue weighted by Crippen LogP contribution is -2.31. The monoisotopic (exact) mass is 354 g/mol. The smallest absolute Gasteiger partial charge is 0.247 e. The lowest BCUT2D eigenvalue weighted by atomic mass is 9.92. The number of nitrogens with two attached hydrogens (primary N) is 1. The number of hydrogen-bond acceptors (Lipinski definition) is 7. The molecule has 2 heterocycles. The van der Waals surface area contributed by atoms with Crippen molar-refractivity contribution in [3.8, 4) is 0 Å². The highest BCUT2D eigenvalue weighted by Crippen LogP contribution is 2.35. The van der Waals surface area contributed by atoms with E-state index < -0.39 is 5.60 Å². The molecule has 8 nitrogen and oxygen atoms in total. The third kappa shape index (κ3) is 3.60. The summed E-state index contributed by atoms with van der Waals surface area (Å²) in [5.41, 5.74) is 6.06. The van der Waals surface area contributed by atoms with Crippen molar-refractivity contribution < 1.29 is 9.90 Å². The van der Waals surface area contributed by atoms with Gasteiger partial charge in [-0.05, 0) is 30.2 Å². The maximum Gasteiger partial charge on any atom is 0.247 e. The molecule has 1 atom stereocenters. The molecule has 5 N–H and O–H groups in total. The molecular weight excluding hydrogens is 332 g/mol. The first-order chi connectivity index (χ1) is 12.4. The van der Waals surface area contributed by atoms with Crippen LogP contribution < -0.4 is 21.3 Å². The molecule has 1 aliphatic heterocycles. The molecule has 2 aromatic rings. The number of hydrogen-bond donors (Lipinski definition) is 4. The normalized spacial score (nSPS) is 19.2. The predicted octanol–water partition coefficient (Wildman–Crippen LogP) is 1.32. The van der Waals surface area contributed by atoms with E-state index in [9.17, 15) is 9.90 Å². The summed E-state index contributed by atoms with van der Waals surface area (Å²) in [7, 11) is 1.76. The Bertz CT molecular complexity index is 840. The molecule has 1 amide bonds. The van der Waals surface area contributed by atoms with E-state index in [2.05, 4.69) is 27.2 Å². The van der Waals surface area contributed by atoms with Crippen LogP contribution in [0.1, 0.15) is 12.0 Å². The van der Waals surface area contributed by atoms with Gasteiger partial charge in [0.1, 0.15) is 17.2 Å². The summed E-state index contributed by atoms with van der Waals surface area (Å²) in [5.74, 6) is 1.17. The SMILES string of the molecule is C=CC(=O)Nc1cccc(C2(O)CCN(c3cc(NC)nc(N)n3)C2)c1. The largest absolute Gasteiger partial charge is 0.383 e. The minimum Gasteiger partial charge on any atom is -0.383 e. The summed E-state index contributed by atoms with van der Waals surface area (Å²) in [6.45, 7) is 4.43. The molecular formula is C18H22N6O2. The fraction of sp³-hybridized carbons (Fsp3) is 0.278. The molecule has 0 spiro atoms. The number of aromatic nitrogens is 2. The first kappa shape index (κ1) is 17.7. The molecule has 0 aliphatic carbocycles. The van der Waals surface area contributed by atoms with E-state index in [1.165, 1.54) is 6.08 Å². The number of amides is 1. The number of rotatable bonds is 5. The molecule has 1 aliphatic rings. The highest BCUT2D eigenvalue weighted by Gasteiger charge is 2.38. The number of carbonyl (C=O) groups excluding carboxylic acids is 1. The Balaban J connectivity index is 1.82. The summed E-state index contributed by atoms with van der Waals surface area (Å²) in [6, 6.07) is 8.99. The average Bonchev–Trinajstić information content (AvgIpc) is 3.05. The van der Waals surface area contributed by atoms with Gasteiger partial charge in [0.2, 0.25) is 11.9 Å². The molecule has 0 radical (unpaired) electrons. The van der Waals surface area contributed by atoms with Gasteiger partial charge in [0.15, 0.2) is 0 Å². The second kappa shape index (κ2) is 7.01. The standard InChI is InChI=1S/C18H22N6O2/c1-3-16(25)21-13-6-4-5-12(9-13)18(26)7-8-24(11-18)15-10-14(20-2)22-17(19)23-15/h3-6,9-10,26H,1,7-8,11H2,2H3,(H,21,25)(H3,19,20,22,23). The molecule has 3 rings (SSSR count). The van der Waals surface area contributed by atoms with E-state index in [0.29, 0.717) is 36.8 Å². The van der Waals surface area contributed by atoms with Crippen molar-refractivity contribution >= 4 is 29.2 Å². The Morgan fingerprint density at radius 3 is 2.96 bits per heavy atom. The zero-order valence-corrected chi connectivity index (χ0v) is 14.6. The predicted molar refractivity (Wildman–Crippen MR) is 102 cm³/mol. The Morgan fingerprint density at radius 1 is 1.42 bits per heavy atom. The number of aliphatic hydroxyl groups is 1. The number of carbonyl (C=O) groups is 1. The molecule has 8 heteroatoms. The minimum absolute atomic E-state index is 0.177. The Hall–Kier alpha value is -3.13. The van der Waals surface area contributed by atoms with Crippen molar-refractivity contribution in [1.29, 1.82) is 0 Å². The van der Waals surface area contributed by atoms with Crippen LogP contribution in [0.3, 0.4) is 0 Å². The van der Waals surface area contributed by atoms with Crippen molar-refractivity contribution in [2.24, 2.45) is 0 Å². The maximum absolute atomic E-state index is 11.5. The highest BCUT2D eigenvalue weighted by atomic mass is 16.3. The van der Waals surface area contributed by atoms with Crippen molar-refractivity contribution in [3.05, 3.63) is 48.6 Å². The van der Waals surface area contributed by atoms with Gasteiger partial charge >= 0.3 is 0 Å². The molecule has 136 valence electrons. The van der Waals surface area contributed by atoms with E-state index in [4.69, 9.17) is 5.73 Å². The molecule has 1 aromatic carbocycles. The maximum atomic E-state index is 11.5. The van der Waals surface area contributed by atoms with Crippen LogP contribution in [-0.2, 0) is 10.4 Å². The van der Waals surface area contributed by atoms with Gasteiger partial charge in [-0.2, -0.15) is 9.97 Å². The fourth-order valence-electron chi connectivity index (χ4n) is 3.05. The van der Waals surface area contributed by atoms with E-state index in [1.54, 1.807) is 31.3 Å². The van der Waals surface area contributed by atoms with Crippen molar-refractivity contribution in [3.63, 3.8) is 0 Å². The second-order valence-electron chi connectivity index (χ2n) is 6.20. The van der Waals surface area contributed by atoms with Gasteiger partial charge in [0, 0.05) is 25.3 Å². The molecule has 26 heavy (non-hydrogen) atoms. The van der Waals surface area contributed by atoms with Crippen LogP contribution in [0.4, 0.5) is 23.3 Å².